The first-order valence-electron chi connectivity index (χ1n) is 10.2. The summed E-state index contributed by atoms with van der Waals surface area (Å²) in [5, 5.41) is 20.8. The lowest BCUT2D eigenvalue weighted by molar-refractivity contribution is -0.140. The van der Waals surface area contributed by atoms with E-state index in [0.29, 0.717) is 29.9 Å². The van der Waals surface area contributed by atoms with E-state index in [0.717, 1.165) is 0 Å². The molecule has 2 aromatic carbocycles. The van der Waals surface area contributed by atoms with Gasteiger partial charge in [-0.05, 0) is 50.1 Å². The van der Waals surface area contributed by atoms with Crippen LogP contribution in [0.2, 0.25) is 0 Å². The van der Waals surface area contributed by atoms with Crippen molar-refractivity contribution in [3.63, 3.8) is 0 Å². The number of phenolic OH excluding ortho intramolecular Hbond substituents is 1. The van der Waals surface area contributed by atoms with Gasteiger partial charge in [0.25, 0.3) is 11.7 Å². The van der Waals surface area contributed by atoms with E-state index < -0.39 is 17.7 Å². The molecule has 2 N–H and O–H groups in total. The van der Waals surface area contributed by atoms with E-state index in [1.807, 2.05) is 13.8 Å². The average Bonchev–Trinajstić information content (AvgIpc) is 3.01. The number of ether oxygens (including phenoxy) is 2. The van der Waals surface area contributed by atoms with Crippen LogP contribution in [0.1, 0.15) is 37.4 Å². The molecule has 1 saturated heterocycles. The molecule has 1 heterocycles. The Morgan fingerprint density at radius 3 is 2.42 bits per heavy atom. The topological polar surface area (TPSA) is 96.3 Å². The van der Waals surface area contributed by atoms with Crippen LogP contribution in [0.5, 0.6) is 11.5 Å². The molecule has 1 fully saturated rings. The van der Waals surface area contributed by atoms with E-state index in [4.69, 9.17) is 9.47 Å². The summed E-state index contributed by atoms with van der Waals surface area (Å²) in [6.45, 7) is 4.58. The van der Waals surface area contributed by atoms with Gasteiger partial charge in [0.2, 0.25) is 0 Å². The quantitative estimate of drug-likeness (QED) is 0.290. The standard InChI is InChI=1S/C24H27NO6/c1-15(2)31-14-6-13-25-21(16-9-11-17(26)12-10-16)20(23(28)24(25)29)22(27)18-7-4-5-8-19(18)30-3/h4-5,7-12,15,21,26-27H,6,13-14H2,1-3H3/b22-20-. The normalized spacial score (nSPS) is 18.1. The number of phenols is 1. The van der Waals surface area contributed by atoms with Crippen molar-refractivity contribution in [3.05, 3.63) is 65.2 Å². The number of ketones is 1. The Balaban J connectivity index is 2.06. The van der Waals surface area contributed by atoms with Crippen LogP contribution in [0.15, 0.2) is 54.1 Å². The minimum absolute atomic E-state index is 0.00929. The number of para-hydroxylation sites is 1. The van der Waals surface area contributed by atoms with Gasteiger partial charge in [0, 0.05) is 13.2 Å². The van der Waals surface area contributed by atoms with Crippen molar-refractivity contribution in [1.29, 1.82) is 0 Å². The summed E-state index contributed by atoms with van der Waals surface area (Å²) in [7, 11) is 1.47. The first kappa shape index (κ1) is 22.4. The number of hydrogen-bond donors (Lipinski definition) is 2. The summed E-state index contributed by atoms with van der Waals surface area (Å²) in [5.74, 6) is -1.28. The molecular formula is C24H27NO6. The van der Waals surface area contributed by atoms with Crippen LogP contribution in [0, 0.1) is 0 Å². The third kappa shape index (κ3) is 4.72. The minimum Gasteiger partial charge on any atom is -0.508 e. The van der Waals surface area contributed by atoms with Crippen molar-refractivity contribution in [1.82, 2.24) is 4.90 Å². The zero-order chi connectivity index (χ0) is 22.5. The minimum atomic E-state index is -0.787. The molecule has 0 saturated carbocycles. The van der Waals surface area contributed by atoms with Crippen LogP contribution in [-0.4, -0.2) is 53.2 Å². The van der Waals surface area contributed by atoms with Crippen molar-refractivity contribution in [3.8, 4) is 11.5 Å². The van der Waals surface area contributed by atoms with Crippen molar-refractivity contribution < 1.29 is 29.3 Å². The fourth-order valence-electron chi connectivity index (χ4n) is 3.65. The predicted molar refractivity (Wildman–Crippen MR) is 116 cm³/mol. The highest BCUT2D eigenvalue weighted by Gasteiger charge is 2.46. The lowest BCUT2D eigenvalue weighted by Gasteiger charge is -2.25. The van der Waals surface area contributed by atoms with Gasteiger partial charge in [0.15, 0.2) is 0 Å². The van der Waals surface area contributed by atoms with Gasteiger partial charge >= 0.3 is 0 Å². The largest absolute Gasteiger partial charge is 0.508 e. The first-order valence-corrected chi connectivity index (χ1v) is 10.2. The number of carbonyl (C=O) groups is 2. The van der Waals surface area contributed by atoms with Gasteiger partial charge in [0.05, 0.1) is 30.4 Å². The summed E-state index contributed by atoms with van der Waals surface area (Å²) >= 11 is 0. The third-order valence-electron chi connectivity index (χ3n) is 5.11. The molecule has 1 aliphatic heterocycles. The predicted octanol–water partition coefficient (Wildman–Crippen LogP) is 3.64. The molecule has 7 nitrogen and oxygen atoms in total. The fraction of sp³-hybridized carbons (Fsp3) is 0.333. The highest BCUT2D eigenvalue weighted by Crippen LogP contribution is 2.41. The van der Waals surface area contributed by atoms with Crippen molar-refractivity contribution in [2.24, 2.45) is 0 Å². The highest BCUT2D eigenvalue weighted by atomic mass is 16.5. The molecule has 1 atom stereocenters. The molecule has 1 aliphatic rings. The number of aromatic hydroxyl groups is 1. The second-order valence-electron chi connectivity index (χ2n) is 7.56. The molecule has 3 rings (SSSR count). The monoisotopic (exact) mass is 425 g/mol. The molecule has 1 amide bonds. The van der Waals surface area contributed by atoms with Gasteiger partial charge in [-0.3, -0.25) is 9.59 Å². The number of aliphatic hydroxyl groups excluding tert-OH is 1. The van der Waals surface area contributed by atoms with Crippen LogP contribution >= 0.6 is 0 Å². The second-order valence-corrected chi connectivity index (χ2v) is 7.56. The summed E-state index contributed by atoms with van der Waals surface area (Å²) in [5.41, 5.74) is 0.929. The van der Waals surface area contributed by atoms with Gasteiger partial charge in [-0.25, -0.2) is 0 Å². The number of carbonyl (C=O) groups excluding carboxylic acids is 2. The van der Waals surface area contributed by atoms with Crippen molar-refractivity contribution >= 4 is 17.4 Å². The maximum Gasteiger partial charge on any atom is 0.295 e. The summed E-state index contributed by atoms with van der Waals surface area (Å²) < 4.78 is 10.9. The van der Waals surface area contributed by atoms with Crippen LogP contribution in [-0.2, 0) is 14.3 Å². The van der Waals surface area contributed by atoms with E-state index in [9.17, 15) is 19.8 Å². The second kappa shape index (κ2) is 9.66. The number of amides is 1. The highest BCUT2D eigenvalue weighted by molar-refractivity contribution is 6.46. The Morgan fingerprint density at radius 2 is 1.77 bits per heavy atom. The number of benzene rings is 2. The Kier molecular flexibility index (Phi) is 6.97. The molecule has 0 bridgehead atoms. The average molecular weight is 425 g/mol. The molecule has 164 valence electrons. The van der Waals surface area contributed by atoms with Gasteiger partial charge in [-0.1, -0.05) is 24.3 Å². The summed E-state index contributed by atoms with van der Waals surface area (Å²) in [6.07, 6.45) is 0.600. The SMILES string of the molecule is COc1ccccc1/C(O)=C1/C(=O)C(=O)N(CCCOC(C)C)C1c1ccc(O)cc1. The van der Waals surface area contributed by atoms with Gasteiger partial charge in [0.1, 0.15) is 17.3 Å². The molecule has 31 heavy (non-hydrogen) atoms. The summed E-state index contributed by atoms with van der Waals surface area (Å²) in [6, 6.07) is 12.2. The maximum atomic E-state index is 13.0. The lowest BCUT2D eigenvalue weighted by Crippen LogP contribution is -2.31. The van der Waals surface area contributed by atoms with Gasteiger partial charge < -0.3 is 24.6 Å². The number of aliphatic hydroxyl groups is 1. The molecule has 0 radical (unpaired) electrons. The Labute approximate surface area is 181 Å². The smallest absolute Gasteiger partial charge is 0.295 e. The van der Waals surface area contributed by atoms with Crippen molar-refractivity contribution in [2.45, 2.75) is 32.4 Å². The lowest BCUT2D eigenvalue weighted by atomic mass is 9.95. The molecule has 0 aromatic heterocycles. The maximum absolute atomic E-state index is 13.0. The number of rotatable bonds is 8. The number of hydrogen-bond acceptors (Lipinski definition) is 6. The van der Waals surface area contributed by atoms with E-state index in [2.05, 4.69) is 0 Å². The summed E-state index contributed by atoms with van der Waals surface area (Å²) in [4.78, 5) is 27.3. The van der Waals surface area contributed by atoms with Crippen LogP contribution in [0.4, 0.5) is 0 Å². The van der Waals surface area contributed by atoms with E-state index in [1.54, 1.807) is 36.4 Å². The number of nitrogens with zero attached hydrogens (tertiary/aromatic N) is 1. The molecular weight excluding hydrogens is 398 g/mol. The van der Waals surface area contributed by atoms with E-state index in [1.165, 1.54) is 24.1 Å². The van der Waals surface area contributed by atoms with Gasteiger partial charge in [-0.15, -0.1) is 0 Å². The van der Waals surface area contributed by atoms with Crippen LogP contribution in [0.25, 0.3) is 5.76 Å². The van der Waals surface area contributed by atoms with Crippen molar-refractivity contribution in [2.75, 3.05) is 20.3 Å². The van der Waals surface area contributed by atoms with Crippen LogP contribution < -0.4 is 4.74 Å². The van der Waals surface area contributed by atoms with E-state index in [-0.39, 0.29) is 29.7 Å². The fourth-order valence-corrected chi connectivity index (χ4v) is 3.65. The zero-order valence-electron chi connectivity index (χ0n) is 17.9. The first-order chi connectivity index (χ1) is 14.8. The number of Topliss-reactive ketones (excluding diaryl/α,β-unsaturated/α-hetero) is 1. The van der Waals surface area contributed by atoms with E-state index >= 15 is 0 Å². The number of methoxy groups -OCH3 is 1. The zero-order valence-corrected chi connectivity index (χ0v) is 17.9. The molecule has 7 heteroatoms. The molecule has 0 aliphatic carbocycles. The van der Waals surface area contributed by atoms with Crippen LogP contribution in [0.3, 0.4) is 0 Å². The molecule has 1 unspecified atom stereocenters. The third-order valence-corrected chi connectivity index (χ3v) is 5.11. The van der Waals surface area contributed by atoms with Gasteiger partial charge in [-0.2, -0.15) is 0 Å². The Hall–Kier alpha value is -3.32. The molecule has 2 aromatic rings. The molecule has 0 spiro atoms. The Morgan fingerprint density at radius 1 is 1.10 bits per heavy atom. The number of likely N-dealkylation sites (tertiary alicyclic amines) is 1. The Bertz CT molecular complexity index is 980.